The first-order chi connectivity index (χ1) is 27.2. The van der Waals surface area contributed by atoms with Gasteiger partial charge in [0.1, 0.15) is 0 Å². The molecule has 0 amide bonds. The smallest absolute Gasteiger partial charge is 0.305 e. The van der Waals surface area contributed by atoms with Crippen LogP contribution in [0.1, 0.15) is 310 Å². The molecule has 0 heterocycles. The van der Waals surface area contributed by atoms with Crippen molar-refractivity contribution >= 4 is 5.97 Å². The Labute approximate surface area is 348 Å². The van der Waals surface area contributed by atoms with E-state index in [1.54, 1.807) is 0 Å². The largest absolute Gasteiger partial charge is 0.466 e. The summed E-state index contributed by atoms with van der Waals surface area (Å²) in [7, 11) is 0. The zero-order chi connectivity index (χ0) is 39.8. The molecule has 328 valence electrons. The molecule has 0 aliphatic rings. The summed E-state index contributed by atoms with van der Waals surface area (Å²) in [6, 6.07) is 0. The maximum atomic E-state index is 12.0. The lowest BCUT2D eigenvalue weighted by Gasteiger charge is -2.06. The van der Waals surface area contributed by atoms with Gasteiger partial charge < -0.3 is 4.74 Å². The Morgan fingerprint density at radius 3 is 0.964 bits per heavy atom. The average molecular weight is 773 g/mol. The third-order valence-electron chi connectivity index (χ3n) is 12.1. The maximum absolute atomic E-state index is 12.0. The molecule has 0 aliphatic carbocycles. The fraction of sp³-hybridized carbons (Fsp3) is 0.943. The van der Waals surface area contributed by atoms with E-state index in [-0.39, 0.29) is 5.97 Å². The van der Waals surface area contributed by atoms with Crippen LogP contribution in [0.15, 0.2) is 12.2 Å². The Kier molecular flexibility index (Phi) is 48.6. The second-order valence-electron chi connectivity index (χ2n) is 18.3. The molecular weight excluding hydrogens is 669 g/mol. The molecule has 0 saturated carbocycles. The summed E-state index contributed by atoms with van der Waals surface area (Å²) >= 11 is 0. The molecule has 0 spiro atoms. The Morgan fingerprint density at radius 2 is 0.636 bits per heavy atom. The lowest BCUT2D eigenvalue weighted by Crippen LogP contribution is -2.05. The lowest BCUT2D eigenvalue weighted by atomic mass is 10.0. The van der Waals surface area contributed by atoms with Gasteiger partial charge in [-0.3, -0.25) is 4.79 Å². The van der Waals surface area contributed by atoms with E-state index in [0.29, 0.717) is 13.0 Å². The van der Waals surface area contributed by atoms with Crippen molar-refractivity contribution < 1.29 is 9.53 Å². The second-order valence-corrected chi connectivity index (χ2v) is 18.3. The highest BCUT2D eigenvalue weighted by molar-refractivity contribution is 5.69. The number of hydrogen-bond donors (Lipinski definition) is 0. The van der Waals surface area contributed by atoms with Crippen molar-refractivity contribution in [1.29, 1.82) is 0 Å². The minimum Gasteiger partial charge on any atom is -0.466 e. The molecule has 0 unspecified atom stereocenters. The van der Waals surface area contributed by atoms with Gasteiger partial charge in [-0.15, -0.1) is 0 Å². The number of carbonyl (C=O) groups excluding carboxylic acids is 1. The normalized spacial score (nSPS) is 11.8. The molecule has 0 radical (unpaired) electrons. The van der Waals surface area contributed by atoms with Crippen molar-refractivity contribution in [3.63, 3.8) is 0 Å². The number of hydrogen-bond acceptors (Lipinski definition) is 2. The second kappa shape index (κ2) is 49.4. The van der Waals surface area contributed by atoms with E-state index in [4.69, 9.17) is 4.74 Å². The minimum atomic E-state index is 0.0215. The van der Waals surface area contributed by atoms with Crippen LogP contribution < -0.4 is 0 Å². The number of carbonyl (C=O) groups is 1. The van der Waals surface area contributed by atoms with Crippen LogP contribution in [0.4, 0.5) is 0 Å². The van der Waals surface area contributed by atoms with E-state index in [1.807, 2.05) is 0 Å². The van der Waals surface area contributed by atoms with Gasteiger partial charge in [-0.2, -0.15) is 0 Å². The summed E-state index contributed by atoms with van der Waals surface area (Å²) in [5.74, 6) is 0.910. The first-order valence-electron chi connectivity index (χ1n) is 26.0. The highest BCUT2D eigenvalue weighted by Gasteiger charge is 2.03. The van der Waals surface area contributed by atoms with Crippen LogP contribution in [-0.4, -0.2) is 12.6 Å². The number of unbranched alkanes of at least 4 members (excludes halogenated alkanes) is 40. The summed E-state index contributed by atoms with van der Waals surface area (Å²) in [6.07, 6.45) is 66.5. The van der Waals surface area contributed by atoms with Crippen molar-refractivity contribution in [2.45, 2.75) is 310 Å². The van der Waals surface area contributed by atoms with Gasteiger partial charge in [-0.1, -0.05) is 277 Å². The molecule has 0 saturated heterocycles. The SMILES string of the molecule is CCCCCCCC/C=C\CCCCCCCC(=O)OCCCCCCCCCCCCCCCCCCCCCCCCCCCCCCCCC(C)C. The van der Waals surface area contributed by atoms with Crippen LogP contribution >= 0.6 is 0 Å². The van der Waals surface area contributed by atoms with Gasteiger partial charge in [-0.05, 0) is 44.4 Å². The monoisotopic (exact) mass is 773 g/mol. The first kappa shape index (κ1) is 54.2. The van der Waals surface area contributed by atoms with Crippen LogP contribution in [0, 0.1) is 5.92 Å². The third kappa shape index (κ3) is 51.2. The van der Waals surface area contributed by atoms with Gasteiger partial charge in [0.2, 0.25) is 0 Å². The number of esters is 1. The van der Waals surface area contributed by atoms with Gasteiger partial charge in [-0.25, -0.2) is 0 Å². The molecular formula is C53H104O2. The van der Waals surface area contributed by atoms with Gasteiger partial charge in [0, 0.05) is 6.42 Å². The first-order valence-corrected chi connectivity index (χ1v) is 26.0. The average Bonchev–Trinajstić information content (AvgIpc) is 3.18. The fourth-order valence-electron chi connectivity index (χ4n) is 8.20. The number of allylic oxidation sites excluding steroid dienone is 2. The van der Waals surface area contributed by atoms with Crippen molar-refractivity contribution in [2.75, 3.05) is 6.61 Å². The van der Waals surface area contributed by atoms with E-state index >= 15 is 0 Å². The summed E-state index contributed by atoms with van der Waals surface area (Å²) in [6.45, 7) is 7.61. The highest BCUT2D eigenvalue weighted by Crippen LogP contribution is 2.18. The Bertz CT molecular complexity index is 726. The van der Waals surface area contributed by atoms with Gasteiger partial charge in [0.25, 0.3) is 0 Å². The van der Waals surface area contributed by atoms with Crippen molar-refractivity contribution in [2.24, 2.45) is 5.92 Å². The molecule has 0 aromatic heterocycles. The molecule has 0 rings (SSSR count). The number of ether oxygens (including phenoxy) is 1. The maximum Gasteiger partial charge on any atom is 0.305 e. The van der Waals surface area contributed by atoms with Gasteiger partial charge >= 0.3 is 5.97 Å². The molecule has 0 aromatic rings. The van der Waals surface area contributed by atoms with Crippen molar-refractivity contribution in [3.05, 3.63) is 12.2 Å². The van der Waals surface area contributed by atoms with E-state index < -0.39 is 0 Å². The van der Waals surface area contributed by atoms with E-state index in [9.17, 15) is 4.79 Å². The summed E-state index contributed by atoms with van der Waals surface area (Å²) in [5, 5.41) is 0. The molecule has 0 fully saturated rings. The Balaban J connectivity index is 3.15. The predicted octanol–water partition coefficient (Wildman–Crippen LogP) is 19.3. The molecule has 0 aromatic carbocycles. The van der Waals surface area contributed by atoms with Crippen LogP contribution in [0.25, 0.3) is 0 Å². The summed E-state index contributed by atoms with van der Waals surface area (Å²) in [5.41, 5.74) is 0. The molecule has 2 nitrogen and oxygen atoms in total. The topological polar surface area (TPSA) is 26.3 Å². The van der Waals surface area contributed by atoms with Crippen molar-refractivity contribution in [3.8, 4) is 0 Å². The van der Waals surface area contributed by atoms with Crippen LogP contribution in [0.3, 0.4) is 0 Å². The zero-order valence-electron chi connectivity index (χ0n) is 38.6. The third-order valence-corrected chi connectivity index (χ3v) is 12.1. The number of rotatable bonds is 48. The Morgan fingerprint density at radius 1 is 0.364 bits per heavy atom. The van der Waals surface area contributed by atoms with E-state index in [1.165, 1.54) is 263 Å². The molecule has 0 aliphatic heterocycles. The summed E-state index contributed by atoms with van der Waals surface area (Å²) < 4.78 is 5.48. The quantitative estimate of drug-likeness (QED) is 0.0350. The molecule has 55 heavy (non-hydrogen) atoms. The molecule has 0 atom stereocenters. The van der Waals surface area contributed by atoms with E-state index in [0.717, 1.165) is 25.2 Å². The lowest BCUT2D eigenvalue weighted by molar-refractivity contribution is -0.143. The van der Waals surface area contributed by atoms with Gasteiger partial charge in [0.05, 0.1) is 6.61 Å². The fourth-order valence-corrected chi connectivity index (χ4v) is 8.20. The molecule has 2 heteroatoms. The molecule has 0 N–H and O–H groups in total. The van der Waals surface area contributed by atoms with Crippen LogP contribution in [-0.2, 0) is 9.53 Å². The summed E-state index contributed by atoms with van der Waals surface area (Å²) in [4.78, 5) is 12.0. The van der Waals surface area contributed by atoms with Gasteiger partial charge in [0.15, 0.2) is 0 Å². The Hall–Kier alpha value is -0.790. The van der Waals surface area contributed by atoms with Crippen LogP contribution in [0.5, 0.6) is 0 Å². The minimum absolute atomic E-state index is 0.0215. The standard InChI is InChI=1S/C53H104O2/c1-4-5-6-7-8-9-10-11-28-32-35-38-41-44-47-50-53(54)55-51-48-45-42-39-36-33-30-27-25-23-21-19-17-15-13-12-14-16-18-20-22-24-26-29-31-34-37-40-43-46-49-52(2)3/h11,28,52H,4-10,12-27,29-51H2,1-3H3/b28-11-. The molecule has 0 bridgehead atoms. The highest BCUT2D eigenvalue weighted by atomic mass is 16.5. The predicted molar refractivity (Wildman–Crippen MR) is 248 cm³/mol. The van der Waals surface area contributed by atoms with Crippen LogP contribution in [0.2, 0.25) is 0 Å². The zero-order valence-corrected chi connectivity index (χ0v) is 38.6. The van der Waals surface area contributed by atoms with Crippen molar-refractivity contribution in [1.82, 2.24) is 0 Å². The van der Waals surface area contributed by atoms with E-state index in [2.05, 4.69) is 32.9 Å².